The average Bonchev–Trinajstić information content (AvgIpc) is 2.56. The van der Waals surface area contributed by atoms with Gasteiger partial charge >= 0.3 is 0 Å². The molecule has 0 saturated heterocycles. The number of para-hydroxylation sites is 1. The summed E-state index contributed by atoms with van der Waals surface area (Å²) in [4.78, 5) is 0. The summed E-state index contributed by atoms with van der Waals surface area (Å²) in [7, 11) is 1.67. The molecule has 3 N–H and O–H groups in total. The van der Waals surface area contributed by atoms with Gasteiger partial charge in [-0.3, -0.25) is 5.84 Å². The molecule has 0 bridgehead atoms. The van der Waals surface area contributed by atoms with Crippen LogP contribution in [0.4, 0.5) is 0 Å². The molecular formula is C17H20N2O2. The zero-order valence-electron chi connectivity index (χ0n) is 12.1. The van der Waals surface area contributed by atoms with Crippen LogP contribution in [0.15, 0.2) is 48.5 Å². The maximum atomic E-state index is 6.01. The Hall–Kier alpha value is -1.88. The molecule has 0 aromatic heterocycles. The maximum Gasteiger partial charge on any atom is 0.123 e. The SMILES string of the molecule is COc1ccccc1C(NN)C1OCCc2ccccc21. The van der Waals surface area contributed by atoms with Crippen molar-refractivity contribution in [3.8, 4) is 5.75 Å². The Kier molecular flexibility index (Phi) is 4.20. The molecule has 0 saturated carbocycles. The van der Waals surface area contributed by atoms with E-state index in [4.69, 9.17) is 15.3 Å². The molecule has 1 aliphatic rings. The molecular weight excluding hydrogens is 264 g/mol. The number of fused-ring (bicyclic) bond motifs is 1. The number of nitrogens with two attached hydrogens (primary N) is 1. The molecule has 0 fully saturated rings. The summed E-state index contributed by atoms with van der Waals surface area (Å²) in [6.45, 7) is 0.703. The van der Waals surface area contributed by atoms with Gasteiger partial charge in [0, 0.05) is 5.56 Å². The number of hydrogen-bond acceptors (Lipinski definition) is 4. The van der Waals surface area contributed by atoms with E-state index in [0.717, 1.165) is 17.7 Å². The van der Waals surface area contributed by atoms with Crippen LogP contribution in [-0.2, 0) is 11.2 Å². The summed E-state index contributed by atoms with van der Waals surface area (Å²) >= 11 is 0. The first kappa shape index (κ1) is 14.1. The molecule has 4 heteroatoms. The van der Waals surface area contributed by atoms with Crippen LogP contribution < -0.4 is 16.0 Å². The van der Waals surface area contributed by atoms with Crippen LogP contribution in [0.25, 0.3) is 0 Å². The van der Waals surface area contributed by atoms with E-state index in [0.29, 0.717) is 6.61 Å². The Morgan fingerprint density at radius 2 is 1.95 bits per heavy atom. The van der Waals surface area contributed by atoms with Crippen molar-refractivity contribution in [1.29, 1.82) is 0 Å². The average molecular weight is 284 g/mol. The van der Waals surface area contributed by atoms with Gasteiger partial charge in [0.2, 0.25) is 0 Å². The fourth-order valence-corrected chi connectivity index (χ4v) is 2.96. The lowest BCUT2D eigenvalue weighted by Gasteiger charge is -2.33. The number of methoxy groups -OCH3 is 1. The van der Waals surface area contributed by atoms with Crippen LogP contribution in [-0.4, -0.2) is 13.7 Å². The highest BCUT2D eigenvalue weighted by molar-refractivity contribution is 5.40. The molecule has 2 aromatic rings. The summed E-state index contributed by atoms with van der Waals surface area (Å²) in [5.41, 5.74) is 6.42. The Morgan fingerprint density at radius 3 is 2.76 bits per heavy atom. The minimum atomic E-state index is -0.150. The van der Waals surface area contributed by atoms with Crippen LogP contribution in [0.1, 0.15) is 28.8 Å². The quantitative estimate of drug-likeness (QED) is 0.669. The van der Waals surface area contributed by atoms with Crippen LogP contribution in [0.5, 0.6) is 5.75 Å². The molecule has 110 valence electrons. The third-order valence-electron chi connectivity index (χ3n) is 3.99. The first-order chi connectivity index (χ1) is 10.3. The van der Waals surface area contributed by atoms with Gasteiger partial charge in [-0.05, 0) is 23.6 Å². The molecule has 2 unspecified atom stereocenters. The third-order valence-corrected chi connectivity index (χ3v) is 3.99. The molecule has 0 aliphatic carbocycles. The molecule has 0 radical (unpaired) electrons. The van der Waals surface area contributed by atoms with Gasteiger partial charge in [0.05, 0.1) is 19.8 Å². The summed E-state index contributed by atoms with van der Waals surface area (Å²) in [5.74, 6) is 6.64. The monoisotopic (exact) mass is 284 g/mol. The third kappa shape index (κ3) is 2.65. The Balaban J connectivity index is 2.01. The fourth-order valence-electron chi connectivity index (χ4n) is 2.96. The molecule has 2 aromatic carbocycles. The number of rotatable bonds is 4. The molecule has 4 nitrogen and oxygen atoms in total. The van der Waals surface area contributed by atoms with E-state index < -0.39 is 0 Å². The number of nitrogens with one attached hydrogen (secondary N) is 1. The summed E-state index contributed by atoms with van der Waals surface area (Å²) in [6.07, 6.45) is 0.826. The predicted octanol–water partition coefficient (Wildman–Crippen LogP) is 2.51. The lowest BCUT2D eigenvalue weighted by molar-refractivity contribution is 0.0142. The highest BCUT2D eigenvalue weighted by atomic mass is 16.5. The maximum absolute atomic E-state index is 6.01. The van der Waals surface area contributed by atoms with Crippen LogP contribution in [0.3, 0.4) is 0 Å². The normalized spacial score (nSPS) is 18.9. The minimum absolute atomic E-state index is 0.115. The number of hydrogen-bond donors (Lipinski definition) is 2. The van der Waals surface area contributed by atoms with Gasteiger partial charge < -0.3 is 9.47 Å². The highest BCUT2D eigenvalue weighted by Gasteiger charge is 2.30. The topological polar surface area (TPSA) is 56.5 Å². The second-order valence-electron chi connectivity index (χ2n) is 5.13. The van der Waals surface area contributed by atoms with E-state index >= 15 is 0 Å². The van der Waals surface area contributed by atoms with E-state index in [2.05, 4.69) is 23.6 Å². The summed E-state index contributed by atoms with van der Waals surface area (Å²) < 4.78 is 11.5. The van der Waals surface area contributed by atoms with Crippen LogP contribution in [0.2, 0.25) is 0 Å². The largest absolute Gasteiger partial charge is 0.496 e. The van der Waals surface area contributed by atoms with Gasteiger partial charge in [0.1, 0.15) is 11.9 Å². The van der Waals surface area contributed by atoms with Crippen molar-refractivity contribution < 1.29 is 9.47 Å². The van der Waals surface area contributed by atoms with Crippen LogP contribution >= 0.6 is 0 Å². The number of ether oxygens (including phenoxy) is 2. The Bertz CT molecular complexity index is 615. The predicted molar refractivity (Wildman–Crippen MR) is 81.9 cm³/mol. The first-order valence-corrected chi connectivity index (χ1v) is 7.13. The highest BCUT2D eigenvalue weighted by Crippen LogP contribution is 2.39. The van der Waals surface area contributed by atoms with Crippen molar-refractivity contribution in [3.63, 3.8) is 0 Å². The Morgan fingerprint density at radius 1 is 1.19 bits per heavy atom. The van der Waals surface area contributed by atoms with Gasteiger partial charge in [-0.15, -0.1) is 0 Å². The van der Waals surface area contributed by atoms with Gasteiger partial charge in [0.25, 0.3) is 0 Å². The van der Waals surface area contributed by atoms with Crippen molar-refractivity contribution in [1.82, 2.24) is 5.43 Å². The van der Waals surface area contributed by atoms with Crippen molar-refractivity contribution in [3.05, 3.63) is 65.2 Å². The zero-order chi connectivity index (χ0) is 14.7. The molecule has 2 atom stereocenters. The molecule has 3 rings (SSSR count). The zero-order valence-corrected chi connectivity index (χ0v) is 12.1. The number of hydrazine groups is 1. The van der Waals surface area contributed by atoms with E-state index in [1.165, 1.54) is 11.1 Å². The lowest BCUT2D eigenvalue weighted by atomic mass is 9.90. The standard InChI is InChI=1S/C17H20N2O2/c1-20-15-9-5-4-8-14(15)16(19-18)17-13-7-3-2-6-12(13)10-11-21-17/h2-9,16-17,19H,10-11,18H2,1H3. The molecule has 0 spiro atoms. The van der Waals surface area contributed by atoms with Gasteiger partial charge in [0.15, 0.2) is 0 Å². The minimum Gasteiger partial charge on any atom is -0.496 e. The van der Waals surface area contributed by atoms with Crippen molar-refractivity contribution in [2.45, 2.75) is 18.6 Å². The second-order valence-corrected chi connectivity index (χ2v) is 5.13. The number of benzene rings is 2. The fraction of sp³-hybridized carbons (Fsp3) is 0.294. The summed E-state index contributed by atoms with van der Waals surface area (Å²) in [6, 6.07) is 16.1. The van der Waals surface area contributed by atoms with Gasteiger partial charge in [-0.25, -0.2) is 5.43 Å². The van der Waals surface area contributed by atoms with E-state index in [9.17, 15) is 0 Å². The van der Waals surface area contributed by atoms with E-state index in [-0.39, 0.29) is 12.1 Å². The van der Waals surface area contributed by atoms with Crippen molar-refractivity contribution >= 4 is 0 Å². The lowest BCUT2D eigenvalue weighted by Crippen LogP contribution is -2.36. The first-order valence-electron chi connectivity index (χ1n) is 7.13. The van der Waals surface area contributed by atoms with E-state index in [1.54, 1.807) is 7.11 Å². The molecule has 1 heterocycles. The van der Waals surface area contributed by atoms with Crippen molar-refractivity contribution in [2.24, 2.45) is 5.84 Å². The van der Waals surface area contributed by atoms with E-state index in [1.807, 2.05) is 30.3 Å². The smallest absolute Gasteiger partial charge is 0.123 e. The molecule has 21 heavy (non-hydrogen) atoms. The molecule has 0 amide bonds. The second kappa shape index (κ2) is 6.26. The van der Waals surface area contributed by atoms with Crippen molar-refractivity contribution in [2.75, 3.05) is 13.7 Å². The van der Waals surface area contributed by atoms with Crippen LogP contribution in [0, 0.1) is 0 Å². The van der Waals surface area contributed by atoms with Gasteiger partial charge in [-0.1, -0.05) is 42.5 Å². The van der Waals surface area contributed by atoms with Gasteiger partial charge in [-0.2, -0.15) is 0 Å². The molecule has 1 aliphatic heterocycles. The Labute approximate surface area is 124 Å². The summed E-state index contributed by atoms with van der Waals surface area (Å²) in [5, 5.41) is 0.